The standard InChI is InChI=1S/C13H24N2O3/c1-13(2,3)11-7-14-6-9-4-5-15(12(16)17)8-10(9)18-11/h9-11,14H,4-8H2,1-3H3,(H,16,17)/t9-,10-,11?/m0/s1. The Balaban J connectivity index is 2.05. The summed E-state index contributed by atoms with van der Waals surface area (Å²) in [6, 6.07) is 0. The highest BCUT2D eigenvalue weighted by Crippen LogP contribution is 2.29. The van der Waals surface area contributed by atoms with Crippen molar-refractivity contribution >= 4 is 6.09 Å². The van der Waals surface area contributed by atoms with E-state index in [4.69, 9.17) is 9.84 Å². The zero-order chi connectivity index (χ0) is 13.3. The lowest BCUT2D eigenvalue weighted by Crippen LogP contribution is -2.49. The fourth-order valence-electron chi connectivity index (χ4n) is 2.70. The largest absolute Gasteiger partial charge is 0.465 e. The maximum Gasteiger partial charge on any atom is 0.407 e. The first-order valence-corrected chi connectivity index (χ1v) is 6.72. The molecule has 0 saturated carbocycles. The number of hydrogen-bond donors (Lipinski definition) is 2. The molecule has 2 N–H and O–H groups in total. The molecule has 2 saturated heterocycles. The van der Waals surface area contributed by atoms with Crippen LogP contribution < -0.4 is 5.32 Å². The van der Waals surface area contributed by atoms with Gasteiger partial charge in [0.15, 0.2) is 0 Å². The average molecular weight is 256 g/mol. The third-order valence-electron chi connectivity index (χ3n) is 4.01. The van der Waals surface area contributed by atoms with Crippen LogP contribution in [0.4, 0.5) is 4.79 Å². The third-order valence-corrected chi connectivity index (χ3v) is 4.01. The molecule has 0 aromatic rings. The molecule has 0 aromatic heterocycles. The Hall–Kier alpha value is -0.810. The van der Waals surface area contributed by atoms with Gasteiger partial charge in [0.05, 0.1) is 18.8 Å². The second-order valence-electron chi connectivity index (χ2n) is 6.46. The number of likely N-dealkylation sites (tertiary alicyclic amines) is 1. The third kappa shape index (κ3) is 2.95. The summed E-state index contributed by atoms with van der Waals surface area (Å²) >= 11 is 0. The Kier molecular flexibility index (Phi) is 3.82. The highest BCUT2D eigenvalue weighted by atomic mass is 16.5. The molecule has 2 aliphatic rings. The molecule has 0 bridgehead atoms. The van der Waals surface area contributed by atoms with Gasteiger partial charge in [-0.05, 0) is 11.8 Å². The number of carbonyl (C=O) groups is 1. The van der Waals surface area contributed by atoms with Gasteiger partial charge in [0, 0.05) is 25.6 Å². The van der Waals surface area contributed by atoms with Gasteiger partial charge < -0.3 is 20.1 Å². The van der Waals surface area contributed by atoms with Crippen LogP contribution >= 0.6 is 0 Å². The van der Waals surface area contributed by atoms with Gasteiger partial charge in [-0.3, -0.25) is 0 Å². The predicted molar refractivity (Wildman–Crippen MR) is 68.7 cm³/mol. The van der Waals surface area contributed by atoms with Crippen molar-refractivity contribution in [2.45, 2.75) is 39.4 Å². The molecule has 2 aliphatic heterocycles. The SMILES string of the molecule is CC(C)(C)C1CNC[C@@H]2CCN(C(=O)O)C[C@@H]2O1. The highest BCUT2D eigenvalue weighted by molar-refractivity contribution is 5.65. The summed E-state index contributed by atoms with van der Waals surface area (Å²) in [6.07, 6.45) is 0.234. The van der Waals surface area contributed by atoms with Crippen molar-refractivity contribution in [1.82, 2.24) is 10.2 Å². The predicted octanol–water partition coefficient (Wildman–Crippen LogP) is 1.39. The number of piperidine rings is 1. The van der Waals surface area contributed by atoms with Crippen molar-refractivity contribution < 1.29 is 14.6 Å². The minimum absolute atomic E-state index is 0.0362. The van der Waals surface area contributed by atoms with Crippen molar-refractivity contribution in [3.63, 3.8) is 0 Å². The number of amides is 1. The second kappa shape index (κ2) is 5.05. The first kappa shape index (κ1) is 13.6. The highest BCUT2D eigenvalue weighted by Gasteiger charge is 2.38. The summed E-state index contributed by atoms with van der Waals surface area (Å²) in [5, 5.41) is 12.5. The topological polar surface area (TPSA) is 61.8 Å². The molecular formula is C13H24N2O3. The molecule has 3 atom stereocenters. The summed E-state index contributed by atoms with van der Waals surface area (Å²) in [7, 11) is 0. The van der Waals surface area contributed by atoms with Crippen LogP contribution in [0.15, 0.2) is 0 Å². The monoisotopic (exact) mass is 256 g/mol. The van der Waals surface area contributed by atoms with Crippen LogP contribution in [0.25, 0.3) is 0 Å². The smallest absolute Gasteiger partial charge is 0.407 e. The zero-order valence-corrected chi connectivity index (χ0v) is 11.5. The molecule has 18 heavy (non-hydrogen) atoms. The molecule has 2 heterocycles. The molecule has 2 fully saturated rings. The first-order valence-electron chi connectivity index (χ1n) is 6.72. The van der Waals surface area contributed by atoms with Gasteiger partial charge in [0.1, 0.15) is 0 Å². The first-order chi connectivity index (χ1) is 8.38. The van der Waals surface area contributed by atoms with E-state index in [9.17, 15) is 4.79 Å². The molecule has 0 aliphatic carbocycles. The summed E-state index contributed by atoms with van der Waals surface area (Å²) < 4.78 is 6.19. The van der Waals surface area contributed by atoms with Gasteiger partial charge in [-0.25, -0.2) is 4.79 Å². The molecule has 1 amide bonds. The van der Waals surface area contributed by atoms with Crippen LogP contribution in [0.5, 0.6) is 0 Å². The summed E-state index contributed by atoms with van der Waals surface area (Å²) in [5.74, 6) is 0.438. The van der Waals surface area contributed by atoms with E-state index in [1.54, 1.807) is 0 Å². The van der Waals surface area contributed by atoms with Crippen LogP contribution in [-0.4, -0.2) is 54.5 Å². The molecule has 5 nitrogen and oxygen atoms in total. The van der Waals surface area contributed by atoms with Crippen LogP contribution in [0.3, 0.4) is 0 Å². The Morgan fingerprint density at radius 2 is 2.11 bits per heavy atom. The number of hydrogen-bond acceptors (Lipinski definition) is 3. The summed E-state index contributed by atoms with van der Waals surface area (Å²) in [4.78, 5) is 12.5. The lowest BCUT2D eigenvalue weighted by Gasteiger charge is -2.38. The number of nitrogens with one attached hydrogen (secondary N) is 1. The Labute approximate surface area is 108 Å². The molecule has 0 aromatic carbocycles. The van der Waals surface area contributed by atoms with E-state index in [2.05, 4.69) is 26.1 Å². The summed E-state index contributed by atoms with van der Waals surface area (Å²) in [5.41, 5.74) is 0.0768. The molecule has 104 valence electrons. The van der Waals surface area contributed by atoms with Gasteiger partial charge in [0.25, 0.3) is 0 Å². The van der Waals surface area contributed by atoms with E-state index in [-0.39, 0.29) is 17.6 Å². The molecule has 0 spiro atoms. The van der Waals surface area contributed by atoms with E-state index in [0.717, 1.165) is 19.5 Å². The fraction of sp³-hybridized carbons (Fsp3) is 0.923. The average Bonchev–Trinajstić information content (AvgIpc) is 2.48. The number of fused-ring (bicyclic) bond motifs is 1. The molecular weight excluding hydrogens is 232 g/mol. The van der Waals surface area contributed by atoms with E-state index >= 15 is 0 Å². The molecule has 5 heteroatoms. The number of rotatable bonds is 0. The fourth-order valence-corrected chi connectivity index (χ4v) is 2.70. The second-order valence-corrected chi connectivity index (χ2v) is 6.46. The Morgan fingerprint density at radius 1 is 1.39 bits per heavy atom. The normalized spacial score (nSPS) is 33.7. The van der Waals surface area contributed by atoms with E-state index in [1.807, 2.05) is 0 Å². The van der Waals surface area contributed by atoms with Crippen LogP contribution in [0, 0.1) is 11.3 Å². The van der Waals surface area contributed by atoms with Crippen LogP contribution in [0.2, 0.25) is 0 Å². The van der Waals surface area contributed by atoms with E-state index < -0.39 is 6.09 Å². The minimum Gasteiger partial charge on any atom is -0.465 e. The van der Waals surface area contributed by atoms with Gasteiger partial charge in [-0.1, -0.05) is 20.8 Å². The maximum absolute atomic E-state index is 11.0. The lowest BCUT2D eigenvalue weighted by molar-refractivity contribution is -0.0930. The zero-order valence-electron chi connectivity index (χ0n) is 11.5. The van der Waals surface area contributed by atoms with Crippen LogP contribution in [-0.2, 0) is 4.74 Å². The number of nitrogens with zero attached hydrogens (tertiary/aromatic N) is 1. The van der Waals surface area contributed by atoms with Crippen molar-refractivity contribution in [2.24, 2.45) is 11.3 Å². The minimum atomic E-state index is -0.832. The Morgan fingerprint density at radius 3 is 2.72 bits per heavy atom. The van der Waals surface area contributed by atoms with Crippen molar-refractivity contribution in [2.75, 3.05) is 26.2 Å². The number of carboxylic acid groups (broad SMARTS) is 1. The quantitative estimate of drug-likeness (QED) is 0.687. The van der Waals surface area contributed by atoms with Gasteiger partial charge >= 0.3 is 6.09 Å². The number of ether oxygens (including phenoxy) is 1. The van der Waals surface area contributed by atoms with Crippen molar-refractivity contribution in [1.29, 1.82) is 0 Å². The van der Waals surface area contributed by atoms with Crippen molar-refractivity contribution in [3.8, 4) is 0 Å². The van der Waals surface area contributed by atoms with Crippen LogP contribution in [0.1, 0.15) is 27.2 Å². The van der Waals surface area contributed by atoms with Gasteiger partial charge in [0.2, 0.25) is 0 Å². The maximum atomic E-state index is 11.0. The van der Waals surface area contributed by atoms with E-state index in [0.29, 0.717) is 19.0 Å². The van der Waals surface area contributed by atoms with Crippen molar-refractivity contribution in [3.05, 3.63) is 0 Å². The Bertz CT molecular complexity index is 314. The lowest BCUT2D eigenvalue weighted by atomic mass is 9.88. The molecule has 1 unspecified atom stereocenters. The van der Waals surface area contributed by atoms with E-state index in [1.165, 1.54) is 4.90 Å². The van der Waals surface area contributed by atoms with Gasteiger partial charge in [-0.15, -0.1) is 0 Å². The van der Waals surface area contributed by atoms with Gasteiger partial charge in [-0.2, -0.15) is 0 Å². The molecule has 2 rings (SSSR count). The molecule has 0 radical (unpaired) electrons. The summed E-state index contributed by atoms with van der Waals surface area (Å²) in [6.45, 7) is 9.41.